The van der Waals surface area contributed by atoms with Gasteiger partial charge in [0.25, 0.3) is 0 Å². The molecule has 4 nitrogen and oxygen atoms in total. The van der Waals surface area contributed by atoms with Crippen LogP contribution in [-0.2, 0) is 12.1 Å². The van der Waals surface area contributed by atoms with Crippen molar-refractivity contribution in [3.63, 3.8) is 0 Å². The summed E-state index contributed by atoms with van der Waals surface area (Å²) in [5, 5.41) is 11.6. The predicted octanol–water partition coefficient (Wildman–Crippen LogP) is 2.84. The molecule has 0 spiro atoms. The number of rotatable bonds is 4. The van der Waals surface area contributed by atoms with Crippen LogP contribution in [0.25, 0.3) is 0 Å². The highest BCUT2D eigenvalue weighted by Gasteiger charge is 2.46. The molecule has 1 aromatic heterocycles. The molecule has 1 aromatic carbocycles. The third-order valence-corrected chi connectivity index (χ3v) is 5.61. The van der Waals surface area contributed by atoms with Crippen molar-refractivity contribution in [3.05, 3.63) is 60.1 Å². The summed E-state index contributed by atoms with van der Waals surface area (Å²) in [5.41, 5.74) is 0.296. The normalized spacial score (nSPS) is 29.1. The first-order valence-corrected chi connectivity index (χ1v) is 9.02. The summed E-state index contributed by atoms with van der Waals surface area (Å²) in [6.07, 6.45) is 4.97. The second-order valence-corrected chi connectivity index (χ2v) is 7.11. The molecule has 2 fully saturated rings. The lowest BCUT2D eigenvalue weighted by atomic mass is 9.79. The standard InChI is InChI=1S/C20H26N2O2/c23-20(17-7-2-1-3-8-17)10-13-21(15-18-9-6-14-24-18)16-19(20)22-11-4-5-12-22/h1-3,6-9,14,19,23H,4-5,10-13,15-16H2. The van der Waals surface area contributed by atoms with Gasteiger partial charge in [0.2, 0.25) is 0 Å². The lowest BCUT2D eigenvalue weighted by Crippen LogP contribution is -2.60. The van der Waals surface area contributed by atoms with Crippen LogP contribution in [0.4, 0.5) is 0 Å². The van der Waals surface area contributed by atoms with Crippen molar-refractivity contribution in [1.29, 1.82) is 0 Å². The number of likely N-dealkylation sites (tertiary alicyclic amines) is 2. The zero-order valence-corrected chi connectivity index (χ0v) is 14.1. The molecule has 3 heterocycles. The zero-order chi connectivity index (χ0) is 16.4. The number of hydrogen-bond donors (Lipinski definition) is 1. The van der Waals surface area contributed by atoms with Gasteiger partial charge in [-0.15, -0.1) is 0 Å². The van der Waals surface area contributed by atoms with Gasteiger partial charge in [0, 0.05) is 13.1 Å². The van der Waals surface area contributed by atoms with Gasteiger partial charge in [-0.05, 0) is 50.0 Å². The molecule has 0 saturated carbocycles. The second-order valence-electron chi connectivity index (χ2n) is 7.11. The van der Waals surface area contributed by atoms with Gasteiger partial charge in [0.1, 0.15) is 11.4 Å². The summed E-state index contributed by atoms with van der Waals surface area (Å²) < 4.78 is 5.52. The Kier molecular flexibility index (Phi) is 4.44. The van der Waals surface area contributed by atoms with Gasteiger partial charge in [-0.25, -0.2) is 0 Å². The molecule has 24 heavy (non-hydrogen) atoms. The predicted molar refractivity (Wildman–Crippen MR) is 93.5 cm³/mol. The van der Waals surface area contributed by atoms with E-state index in [1.807, 2.05) is 30.3 Å². The number of piperidine rings is 1. The largest absolute Gasteiger partial charge is 0.468 e. The van der Waals surface area contributed by atoms with Crippen LogP contribution in [0.2, 0.25) is 0 Å². The van der Waals surface area contributed by atoms with E-state index in [9.17, 15) is 5.11 Å². The summed E-state index contributed by atoms with van der Waals surface area (Å²) in [6.45, 7) is 4.77. The van der Waals surface area contributed by atoms with Crippen molar-refractivity contribution in [2.24, 2.45) is 0 Å². The molecule has 2 atom stereocenters. The van der Waals surface area contributed by atoms with E-state index in [1.54, 1.807) is 6.26 Å². The zero-order valence-electron chi connectivity index (χ0n) is 14.1. The van der Waals surface area contributed by atoms with Gasteiger partial charge < -0.3 is 9.52 Å². The Balaban J connectivity index is 1.58. The Morgan fingerprint density at radius 2 is 1.83 bits per heavy atom. The van der Waals surface area contributed by atoms with Crippen molar-refractivity contribution in [2.45, 2.75) is 37.5 Å². The van der Waals surface area contributed by atoms with E-state index in [4.69, 9.17) is 4.42 Å². The molecule has 2 aromatic rings. The number of benzene rings is 1. The van der Waals surface area contributed by atoms with E-state index in [2.05, 4.69) is 21.9 Å². The van der Waals surface area contributed by atoms with Crippen LogP contribution >= 0.6 is 0 Å². The Bertz CT molecular complexity index is 637. The van der Waals surface area contributed by atoms with Crippen LogP contribution in [0.5, 0.6) is 0 Å². The van der Waals surface area contributed by atoms with Crippen molar-refractivity contribution in [2.75, 3.05) is 26.2 Å². The summed E-state index contributed by atoms with van der Waals surface area (Å²) in [7, 11) is 0. The maximum absolute atomic E-state index is 11.6. The number of hydrogen-bond acceptors (Lipinski definition) is 4. The van der Waals surface area contributed by atoms with Crippen molar-refractivity contribution < 1.29 is 9.52 Å². The molecule has 0 amide bonds. The molecular weight excluding hydrogens is 300 g/mol. The van der Waals surface area contributed by atoms with Crippen LogP contribution in [-0.4, -0.2) is 47.1 Å². The molecular formula is C20H26N2O2. The molecule has 1 N–H and O–H groups in total. The first-order chi connectivity index (χ1) is 11.8. The molecule has 0 bridgehead atoms. The Morgan fingerprint density at radius 3 is 2.54 bits per heavy atom. The summed E-state index contributed by atoms with van der Waals surface area (Å²) in [5.74, 6) is 1.00. The number of nitrogens with zero attached hydrogens (tertiary/aromatic N) is 2. The van der Waals surface area contributed by atoms with Crippen LogP contribution in [0, 0.1) is 0 Å². The molecule has 4 rings (SSSR count). The molecule has 128 valence electrons. The Hall–Kier alpha value is -1.62. The van der Waals surface area contributed by atoms with E-state index in [0.29, 0.717) is 0 Å². The maximum Gasteiger partial charge on any atom is 0.117 e. The van der Waals surface area contributed by atoms with Crippen molar-refractivity contribution >= 4 is 0 Å². The van der Waals surface area contributed by atoms with Crippen molar-refractivity contribution in [3.8, 4) is 0 Å². The SMILES string of the molecule is OC1(c2ccccc2)CCN(Cc2ccco2)CC1N1CCCC1. The van der Waals surface area contributed by atoms with Gasteiger partial charge in [-0.3, -0.25) is 9.80 Å². The Labute approximate surface area is 143 Å². The highest BCUT2D eigenvalue weighted by molar-refractivity contribution is 5.26. The van der Waals surface area contributed by atoms with Gasteiger partial charge in [-0.2, -0.15) is 0 Å². The number of aliphatic hydroxyl groups is 1. The highest BCUT2D eigenvalue weighted by atomic mass is 16.3. The molecule has 0 radical (unpaired) electrons. The minimum atomic E-state index is -0.759. The Morgan fingerprint density at radius 1 is 1.04 bits per heavy atom. The first-order valence-electron chi connectivity index (χ1n) is 9.02. The summed E-state index contributed by atoms with van der Waals surface area (Å²) in [6, 6.07) is 14.3. The van der Waals surface area contributed by atoms with E-state index >= 15 is 0 Å². The molecule has 0 aliphatic carbocycles. The smallest absolute Gasteiger partial charge is 0.117 e. The minimum Gasteiger partial charge on any atom is -0.468 e. The minimum absolute atomic E-state index is 0.145. The van der Waals surface area contributed by atoms with Crippen LogP contribution in [0.3, 0.4) is 0 Å². The third-order valence-electron chi connectivity index (χ3n) is 5.61. The van der Waals surface area contributed by atoms with Crippen molar-refractivity contribution in [1.82, 2.24) is 9.80 Å². The van der Waals surface area contributed by atoms with Gasteiger partial charge in [0.15, 0.2) is 0 Å². The van der Waals surface area contributed by atoms with Gasteiger partial charge >= 0.3 is 0 Å². The summed E-state index contributed by atoms with van der Waals surface area (Å²) in [4.78, 5) is 4.90. The fourth-order valence-electron chi connectivity index (χ4n) is 4.28. The van der Waals surface area contributed by atoms with Gasteiger partial charge in [0.05, 0.1) is 18.8 Å². The quantitative estimate of drug-likeness (QED) is 0.938. The monoisotopic (exact) mass is 326 g/mol. The first kappa shape index (κ1) is 15.9. The molecule has 4 heteroatoms. The van der Waals surface area contributed by atoms with Crippen LogP contribution in [0.15, 0.2) is 53.1 Å². The average molecular weight is 326 g/mol. The van der Waals surface area contributed by atoms with E-state index < -0.39 is 5.60 Å². The average Bonchev–Trinajstić information content (AvgIpc) is 3.31. The highest BCUT2D eigenvalue weighted by Crippen LogP contribution is 2.37. The number of furan rings is 1. The second kappa shape index (κ2) is 6.71. The molecule has 2 aliphatic rings. The van der Waals surface area contributed by atoms with Crippen LogP contribution < -0.4 is 0 Å². The lowest BCUT2D eigenvalue weighted by molar-refractivity contribution is -0.0966. The van der Waals surface area contributed by atoms with E-state index in [0.717, 1.165) is 50.5 Å². The fourth-order valence-corrected chi connectivity index (χ4v) is 4.28. The third kappa shape index (κ3) is 3.02. The fraction of sp³-hybridized carbons (Fsp3) is 0.500. The van der Waals surface area contributed by atoms with E-state index in [1.165, 1.54) is 12.8 Å². The molecule has 2 unspecified atom stereocenters. The molecule has 2 saturated heterocycles. The van der Waals surface area contributed by atoms with Gasteiger partial charge in [-0.1, -0.05) is 30.3 Å². The summed E-state index contributed by atoms with van der Waals surface area (Å²) >= 11 is 0. The van der Waals surface area contributed by atoms with E-state index in [-0.39, 0.29) is 6.04 Å². The molecule has 2 aliphatic heterocycles. The lowest BCUT2D eigenvalue weighted by Gasteiger charge is -2.48. The maximum atomic E-state index is 11.6. The topological polar surface area (TPSA) is 39.9 Å². The van der Waals surface area contributed by atoms with Crippen LogP contribution in [0.1, 0.15) is 30.6 Å².